The van der Waals surface area contributed by atoms with Crippen LogP contribution < -0.4 is 0 Å². The van der Waals surface area contributed by atoms with Crippen molar-refractivity contribution >= 4 is 70.8 Å². The van der Waals surface area contributed by atoms with Crippen LogP contribution in [0.15, 0.2) is 6.07 Å². The second kappa shape index (κ2) is 7.33. The average Bonchev–Trinajstić information content (AvgIpc) is 2.11. The molecular weight excluding hydrogens is 319 g/mol. The number of hydrogen-bond donors (Lipinski definition) is 1. The SMILES string of the molecule is CN(C)S.Clc1cc(Cl)c(Cl)c(Cl)c1Cl. The summed E-state index contributed by atoms with van der Waals surface area (Å²) in [6.07, 6.45) is 0. The van der Waals surface area contributed by atoms with E-state index in [-0.39, 0.29) is 15.1 Å². The number of hydrogen-bond acceptors (Lipinski definition) is 2. The lowest BCUT2D eigenvalue weighted by atomic mass is 10.3. The van der Waals surface area contributed by atoms with Gasteiger partial charge in [0.15, 0.2) is 0 Å². The molecule has 0 aliphatic carbocycles. The van der Waals surface area contributed by atoms with Crippen molar-refractivity contribution in [3.63, 3.8) is 0 Å². The predicted octanol–water partition coefficient (Wildman–Crippen LogP) is 5.35. The van der Waals surface area contributed by atoms with E-state index < -0.39 is 0 Å². The highest BCUT2D eigenvalue weighted by molar-refractivity contribution is 7.77. The third-order valence-corrected chi connectivity index (χ3v) is 3.20. The molecular formula is C8H8Cl5NS. The van der Waals surface area contributed by atoms with Gasteiger partial charge in [0.25, 0.3) is 0 Å². The Morgan fingerprint density at radius 3 is 1.40 bits per heavy atom. The van der Waals surface area contributed by atoms with Crippen molar-refractivity contribution in [2.24, 2.45) is 0 Å². The molecule has 1 nitrogen and oxygen atoms in total. The summed E-state index contributed by atoms with van der Waals surface area (Å²) in [6.45, 7) is 0. The van der Waals surface area contributed by atoms with E-state index in [0.717, 1.165) is 0 Å². The van der Waals surface area contributed by atoms with E-state index in [2.05, 4.69) is 12.8 Å². The largest absolute Gasteiger partial charge is 0.259 e. The van der Waals surface area contributed by atoms with E-state index in [4.69, 9.17) is 58.0 Å². The second-order valence-corrected chi connectivity index (χ2v) is 5.38. The maximum absolute atomic E-state index is 5.66. The lowest BCUT2D eigenvalue weighted by Crippen LogP contribution is -1.89. The van der Waals surface area contributed by atoms with Crippen LogP contribution >= 0.6 is 70.8 Å². The van der Waals surface area contributed by atoms with E-state index in [1.807, 2.05) is 14.1 Å². The van der Waals surface area contributed by atoms with E-state index in [1.54, 1.807) is 4.31 Å². The Labute approximate surface area is 120 Å². The zero-order valence-corrected chi connectivity index (χ0v) is 12.5. The topological polar surface area (TPSA) is 3.24 Å². The lowest BCUT2D eigenvalue weighted by molar-refractivity contribution is 0.714. The highest BCUT2D eigenvalue weighted by Gasteiger charge is 2.10. The van der Waals surface area contributed by atoms with Gasteiger partial charge in [0.1, 0.15) is 0 Å². The highest BCUT2D eigenvalue weighted by atomic mass is 35.5. The fourth-order valence-corrected chi connectivity index (χ4v) is 1.65. The summed E-state index contributed by atoms with van der Waals surface area (Å²) in [6, 6.07) is 1.44. The van der Waals surface area contributed by atoms with Crippen LogP contribution in [0.3, 0.4) is 0 Å². The Bertz CT molecular complexity index is 313. The summed E-state index contributed by atoms with van der Waals surface area (Å²) in [7, 11) is 3.73. The van der Waals surface area contributed by atoms with E-state index in [1.165, 1.54) is 6.07 Å². The first-order valence-corrected chi connectivity index (χ1v) is 5.91. The van der Waals surface area contributed by atoms with Crippen molar-refractivity contribution in [1.29, 1.82) is 0 Å². The predicted molar refractivity (Wildman–Crippen MR) is 74.2 cm³/mol. The molecule has 1 rings (SSSR count). The zero-order valence-electron chi connectivity index (χ0n) is 7.86. The summed E-state index contributed by atoms with van der Waals surface area (Å²) in [5.41, 5.74) is 0. The summed E-state index contributed by atoms with van der Waals surface area (Å²) in [4.78, 5) is 0. The molecule has 1 aromatic carbocycles. The Balaban J connectivity index is 0.000000423. The van der Waals surface area contributed by atoms with Crippen LogP contribution in [-0.4, -0.2) is 18.4 Å². The van der Waals surface area contributed by atoms with Gasteiger partial charge in [-0.2, -0.15) is 0 Å². The van der Waals surface area contributed by atoms with Gasteiger partial charge in [-0.3, -0.25) is 4.31 Å². The molecule has 15 heavy (non-hydrogen) atoms. The molecule has 0 heterocycles. The number of nitrogens with zero attached hydrogens (tertiary/aromatic N) is 1. The van der Waals surface area contributed by atoms with Crippen LogP contribution in [-0.2, 0) is 0 Å². The molecule has 0 bridgehead atoms. The minimum atomic E-state index is 0.186. The van der Waals surface area contributed by atoms with Crippen LogP contribution in [0, 0.1) is 0 Å². The van der Waals surface area contributed by atoms with Gasteiger partial charge in [-0.1, -0.05) is 70.8 Å². The molecule has 0 N–H and O–H groups in total. The van der Waals surface area contributed by atoms with Gasteiger partial charge in [-0.15, -0.1) is 0 Å². The van der Waals surface area contributed by atoms with E-state index in [0.29, 0.717) is 10.0 Å². The summed E-state index contributed by atoms with van der Waals surface area (Å²) in [5.74, 6) is 0. The standard InChI is InChI=1S/C6HCl5.C2H7NS/c7-2-1-3(8)5(10)6(11)4(2)9;1-3(2)4/h1H;4H,1-2H3. The fourth-order valence-electron chi connectivity index (χ4n) is 0.544. The molecule has 0 radical (unpaired) electrons. The molecule has 0 unspecified atom stereocenters. The van der Waals surface area contributed by atoms with Crippen LogP contribution in [0.2, 0.25) is 25.1 Å². The Kier molecular flexibility index (Phi) is 7.81. The smallest absolute Gasteiger partial charge is 0.0808 e. The van der Waals surface area contributed by atoms with Gasteiger partial charge >= 0.3 is 0 Å². The molecule has 0 saturated carbocycles. The molecule has 86 valence electrons. The average molecular weight is 327 g/mol. The van der Waals surface area contributed by atoms with Crippen molar-refractivity contribution in [3.8, 4) is 0 Å². The number of halogens is 5. The van der Waals surface area contributed by atoms with Gasteiger partial charge in [0.2, 0.25) is 0 Å². The minimum Gasteiger partial charge on any atom is -0.259 e. The molecule has 0 spiro atoms. The fraction of sp³-hybridized carbons (Fsp3) is 0.250. The van der Waals surface area contributed by atoms with Crippen LogP contribution in [0.5, 0.6) is 0 Å². The summed E-state index contributed by atoms with van der Waals surface area (Å²) >= 11 is 32.0. The second-order valence-electron chi connectivity index (χ2n) is 2.63. The third-order valence-electron chi connectivity index (χ3n) is 1.06. The minimum absolute atomic E-state index is 0.186. The van der Waals surface area contributed by atoms with Crippen molar-refractivity contribution < 1.29 is 0 Å². The molecule has 0 aromatic heterocycles. The van der Waals surface area contributed by atoms with E-state index in [9.17, 15) is 0 Å². The molecule has 0 aliphatic heterocycles. The zero-order chi connectivity index (χ0) is 12.2. The molecule has 0 saturated heterocycles. The Hall–Kier alpha value is 0.980. The highest BCUT2D eigenvalue weighted by Crippen LogP contribution is 2.40. The van der Waals surface area contributed by atoms with Gasteiger partial charge in [0.05, 0.1) is 25.1 Å². The summed E-state index contributed by atoms with van der Waals surface area (Å²) in [5, 5.41) is 1.23. The maximum Gasteiger partial charge on any atom is 0.0808 e. The normalized spacial score (nSPS) is 9.93. The molecule has 1 aromatic rings. The first-order chi connectivity index (χ1) is 6.77. The quantitative estimate of drug-likeness (QED) is 0.382. The third kappa shape index (κ3) is 5.73. The van der Waals surface area contributed by atoms with Gasteiger partial charge in [-0.05, 0) is 20.2 Å². The Morgan fingerprint density at radius 2 is 1.13 bits per heavy atom. The van der Waals surface area contributed by atoms with Gasteiger partial charge < -0.3 is 0 Å². The van der Waals surface area contributed by atoms with Gasteiger partial charge in [-0.25, -0.2) is 0 Å². The molecule has 0 amide bonds. The number of thiol groups is 1. The van der Waals surface area contributed by atoms with Crippen LogP contribution in [0.25, 0.3) is 0 Å². The first-order valence-electron chi connectivity index (χ1n) is 3.62. The summed E-state index contributed by atoms with van der Waals surface area (Å²) < 4.78 is 1.69. The molecule has 0 aliphatic rings. The first kappa shape index (κ1) is 16.0. The van der Waals surface area contributed by atoms with Crippen molar-refractivity contribution in [2.75, 3.05) is 14.1 Å². The van der Waals surface area contributed by atoms with Crippen molar-refractivity contribution in [3.05, 3.63) is 31.2 Å². The van der Waals surface area contributed by atoms with Gasteiger partial charge in [0, 0.05) is 0 Å². The number of benzene rings is 1. The molecule has 0 fully saturated rings. The monoisotopic (exact) mass is 325 g/mol. The maximum atomic E-state index is 5.66. The van der Waals surface area contributed by atoms with Crippen molar-refractivity contribution in [2.45, 2.75) is 0 Å². The number of rotatable bonds is 0. The van der Waals surface area contributed by atoms with E-state index >= 15 is 0 Å². The Morgan fingerprint density at radius 1 is 0.867 bits per heavy atom. The van der Waals surface area contributed by atoms with Crippen LogP contribution in [0.1, 0.15) is 0 Å². The van der Waals surface area contributed by atoms with Crippen molar-refractivity contribution in [1.82, 2.24) is 4.31 Å². The molecule has 7 heteroatoms. The van der Waals surface area contributed by atoms with Crippen LogP contribution in [0.4, 0.5) is 0 Å². The molecule has 0 atom stereocenters. The lowest BCUT2D eigenvalue weighted by Gasteiger charge is -2.02.